The van der Waals surface area contributed by atoms with Gasteiger partial charge in [-0.3, -0.25) is 4.90 Å². The number of hydrogen-bond donors (Lipinski definition) is 1. The summed E-state index contributed by atoms with van der Waals surface area (Å²) in [7, 11) is 2.21. The summed E-state index contributed by atoms with van der Waals surface area (Å²) >= 11 is 0. The fraction of sp³-hybridized carbons (Fsp3) is 0.333. The van der Waals surface area contributed by atoms with Crippen molar-refractivity contribution in [2.24, 2.45) is 11.8 Å². The molecule has 1 fully saturated rings. The smallest absolute Gasteiger partial charge is 0.0775 e. The molecule has 4 rings (SSSR count). The summed E-state index contributed by atoms with van der Waals surface area (Å²) in [5.41, 5.74) is 2.91. The van der Waals surface area contributed by atoms with Crippen molar-refractivity contribution in [1.82, 2.24) is 4.90 Å². The molecule has 1 saturated heterocycles. The molecule has 0 amide bonds. The topological polar surface area (TPSA) is 23.5 Å². The van der Waals surface area contributed by atoms with Crippen molar-refractivity contribution in [1.29, 1.82) is 0 Å². The van der Waals surface area contributed by atoms with Crippen molar-refractivity contribution >= 4 is 0 Å². The lowest BCUT2D eigenvalue weighted by molar-refractivity contribution is -0.154. The second-order valence-corrected chi connectivity index (χ2v) is 8.61. The Morgan fingerprint density at radius 2 is 1.07 bits per heavy atom. The second-order valence-electron chi connectivity index (χ2n) is 8.61. The average molecular weight is 386 g/mol. The minimum absolute atomic E-state index is 0.0880. The van der Waals surface area contributed by atoms with Gasteiger partial charge in [-0.15, -0.1) is 0 Å². The van der Waals surface area contributed by atoms with Gasteiger partial charge in [-0.05, 0) is 23.7 Å². The molecule has 0 spiro atoms. The van der Waals surface area contributed by atoms with Gasteiger partial charge in [0.25, 0.3) is 0 Å². The molecular formula is C27H31NO. The van der Waals surface area contributed by atoms with Crippen LogP contribution in [0.3, 0.4) is 0 Å². The Labute approximate surface area is 174 Å². The van der Waals surface area contributed by atoms with Gasteiger partial charge in [0.2, 0.25) is 0 Å². The van der Waals surface area contributed by atoms with E-state index in [1.54, 1.807) is 0 Å². The van der Waals surface area contributed by atoms with Crippen LogP contribution in [0.2, 0.25) is 0 Å². The van der Waals surface area contributed by atoms with Crippen LogP contribution in [0.15, 0.2) is 91.0 Å². The van der Waals surface area contributed by atoms with E-state index in [0.717, 1.165) is 0 Å². The highest BCUT2D eigenvalue weighted by atomic mass is 16.3. The van der Waals surface area contributed by atoms with E-state index in [2.05, 4.69) is 111 Å². The molecule has 3 aromatic rings. The first-order valence-electron chi connectivity index (χ1n) is 10.6. The lowest BCUT2D eigenvalue weighted by atomic mass is 9.63. The molecular weight excluding hydrogens is 354 g/mol. The highest BCUT2D eigenvalue weighted by Gasteiger charge is 2.53. The maximum absolute atomic E-state index is 12.2. The summed E-state index contributed by atoms with van der Waals surface area (Å²) < 4.78 is 0. The van der Waals surface area contributed by atoms with Crippen LogP contribution in [0.25, 0.3) is 0 Å². The number of nitrogens with zero attached hydrogens (tertiary/aromatic N) is 1. The Kier molecular flexibility index (Phi) is 5.58. The third-order valence-electron chi connectivity index (χ3n) is 7.01. The monoisotopic (exact) mass is 385 g/mol. The van der Waals surface area contributed by atoms with Crippen molar-refractivity contribution < 1.29 is 5.11 Å². The zero-order valence-electron chi connectivity index (χ0n) is 17.6. The molecule has 2 heteroatoms. The van der Waals surface area contributed by atoms with Crippen LogP contribution in [0.1, 0.15) is 42.6 Å². The number of aliphatic hydroxyl groups is 1. The van der Waals surface area contributed by atoms with Gasteiger partial charge in [0.1, 0.15) is 0 Å². The van der Waals surface area contributed by atoms with Gasteiger partial charge >= 0.3 is 0 Å². The molecule has 1 heterocycles. The van der Waals surface area contributed by atoms with E-state index >= 15 is 0 Å². The number of rotatable bonds is 4. The third-order valence-corrected chi connectivity index (χ3v) is 7.01. The molecule has 5 atom stereocenters. The van der Waals surface area contributed by atoms with Crippen molar-refractivity contribution in [3.63, 3.8) is 0 Å². The lowest BCUT2D eigenvalue weighted by Crippen LogP contribution is -2.59. The van der Waals surface area contributed by atoms with Gasteiger partial charge in [-0.1, -0.05) is 105 Å². The van der Waals surface area contributed by atoms with Crippen LogP contribution < -0.4 is 0 Å². The van der Waals surface area contributed by atoms with Crippen LogP contribution in [0, 0.1) is 11.8 Å². The van der Waals surface area contributed by atoms with E-state index in [9.17, 15) is 5.11 Å². The molecule has 1 N–H and O–H groups in total. The number of benzene rings is 3. The van der Waals surface area contributed by atoms with Gasteiger partial charge in [0, 0.05) is 30.3 Å². The Hall–Kier alpha value is -2.42. The maximum Gasteiger partial charge on any atom is 0.0775 e. The average Bonchev–Trinajstić information content (AvgIpc) is 2.75. The molecule has 0 aliphatic carbocycles. The summed E-state index contributed by atoms with van der Waals surface area (Å²) in [6, 6.07) is 32.0. The van der Waals surface area contributed by atoms with Gasteiger partial charge < -0.3 is 5.11 Å². The van der Waals surface area contributed by atoms with Crippen LogP contribution in [-0.2, 0) is 6.42 Å². The van der Waals surface area contributed by atoms with Crippen LogP contribution >= 0.6 is 0 Å². The van der Waals surface area contributed by atoms with E-state index in [-0.39, 0.29) is 23.9 Å². The van der Waals surface area contributed by atoms with Crippen LogP contribution in [0.4, 0.5) is 0 Å². The molecule has 1 aliphatic heterocycles. The van der Waals surface area contributed by atoms with Crippen molar-refractivity contribution in [2.45, 2.75) is 38.0 Å². The van der Waals surface area contributed by atoms with Crippen LogP contribution in [-0.4, -0.2) is 22.7 Å². The number of piperidine rings is 1. The second kappa shape index (κ2) is 8.14. The summed E-state index contributed by atoms with van der Waals surface area (Å²) in [6.45, 7) is 4.43. The Bertz CT molecular complexity index is 856. The molecule has 29 heavy (non-hydrogen) atoms. The normalized spacial score (nSPS) is 30.2. The maximum atomic E-state index is 12.2. The predicted octanol–water partition coefficient (Wildman–Crippen LogP) is 5.66. The molecule has 1 aliphatic rings. The fourth-order valence-electron chi connectivity index (χ4n) is 5.43. The lowest BCUT2D eigenvalue weighted by Gasteiger charge is -2.56. The Morgan fingerprint density at radius 3 is 1.48 bits per heavy atom. The van der Waals surface area contributed by atoms with Gasteiger partial charge in [0.05, 0.1) is 5.60 Å². The zero-order valence-corrected chi connectivity index (χ0v) is 17.6. The first kappa shape index (κ1) is 19.9. The summed E-state index contributed by atoms with van der Waals surface area (Å²) in [5.74, 6) is 0.176. The molecule has 0 aromatic heterocycles. The van der Waals surface area contributed by atoms with E-state index in [1.807, 2.05) is 6.07 Å². The molecule has 1 unspecified atom stereocenters. The van der Waals surface area contributed by atoms with Crippen molar-refractivity contribution in [2.75, 3.05) is 7.05 Å². The molecule has 0 saturated carbocycles. The minimum atomic E-state index is -0.811. The summed E-state index contributed by atoms with van der Waals surface area (Å²) in [5, 5.41) is 12.2. The highest BCUT2D eigenvalue weighted by molar-refractivity contribution is 5.29. The van der Waals surface area contributed by atoms with E-state index in [1.165, 1.54) is 16.7 Å². The van der Waals surface area contributed by atoms with Crippen molar-refractivity contribution in [3.05, 3.63) is 108 Å². The number of hydrogen-bond acceptors (Lipinski definition) is 2. The first-order chi connectivity index (χ1) is 14.0. The SMILES string of the molecule is C[C@H]1[C@@H](c2ccccc2)N(C)[C@@H](c2ccccc2)[C@H](C)C1(O)Cc1ccccc1. The van der Waals surface area contributed by atoms with E-state index in [4.69, 9.17) is 0 Å². The standard InChI is InChI=1S/C27H31NO/c1-20-25(23-15-9-5-10-16-23)28(3)26(24-17-11-6-12-18-24)21(2)27(20,29)19-22-13-7-4-8-14-22/h4-18,20-21,25-26,29H,19H2,1-3H3/t20-,21-,25-,26+,27?/m0/s1. The van der Waals surface area contributed by atoms with Gasteiger partial charge in [0.15, 0.2) is 0 Å². The molecule has 2 nitrogen and oxygen atoms in total. The van der Waals surface area contributed by atoms with E-state index in [0.29, 0.717) is 6.42 Å². The zero-order chi connectivity index (χ0) is 20.4. The minimum Gasteiger partial charge on any atom is -0.389 e. The summed E-state index contributed by atoms with van der Waals surface area (Å²) in [6.07, 6.45) is 0.663. The summed E-state index contributed by atoms with van der Waals surface area (Å²) in [4.78, 5) is 2.47. The van der Waals surface area contributed by atoms with Crippen LogP contribution in [0.5, 0.6) is 0 Å². The highest BCUT2D eigenvalue weighted by Crippen LogP contribution is 2.52. The fourth-order valence-corrected chi connectivity index (χ4v) is 5.43. The molecule has 0 radical (unpaired) electrons. The largest absolute Gasteiger partial charge is 0.389 e. The number of likely N-dealkylation sites (tertiary alicyclic amines) is 1. The molecule has 0 bridgehead atoms. The van der Waals surface area contributed by atoms with Gasteiger partial charge in [-0.25, -0.2) is 0 Å². The quantitative estimate of drug-likeness (QED) is 0.626. The van der Waals surface area contributed by atoms with Gasteiger partial charge in [-0.2, -0.15) is 0 Å². The Morgan fingerprint density at radius 1 is 0.690 bits per heavy atom. The van der Waals surface area contributed by atoms with E-state index < -0.39 is 5.60 Å². The van der Waals surface area contributed by atoms with Crippen molar-refractivity contribution in [3.8, 4) is 0 Å². The predicted molar refractivity (Wildman–Crippen MR) is 120 cm³/mol. The third kappa shape index (κ3) is 3.63. The molecule has 3 aromatic carbocycles. The molecule has 150 valence electrons. The first-order valence-corrected chi connectivity index (χ1v) is 10.6. The Balaban J connectivity index is 1.81.